The number of halogens is 1. The molecule has 0 saturated carbocycles. The lowest BCUT2D eigenvalue weighted by molar-refractivity contribution is -0.154. The number of esters is 3. The van der Waals surface area contributed by atoms with Crippen LogP contribution in [-0.4, -0.2) is 66.1 Å². The Labute approximate surface area is 315 Å². The molecule has 1 N–H and O–H groups in total. The van der Waals surface area contributed by atoms with Crippen molar-refractivity contribution in [1.82, 2.24) is 0 Å². The Kier molecular flexibility index (Phi) is 12.0. The molecule has 0 radical (unpaired) electrons. The predicted octanol–water partition coefficient (Wildman–Crippen LogP) is 5.12. The lowest BCUT2D eigenvalue weighted by atomic mass is 9.77. The Balaban J connectivity index is 1.42. The number of ether oxygens (including phenoxy) is 3. The zero-order chi connectivity index (χ0) is 39.4. The molecule has 3 atom stereocenters. The smallest absolute Gasteiger partial charge is 0.462 e. The van der Waals surface area contributed by atoms with E-state index in [1.807, 2.05) is 64.1 Å². The maximum atomic E-state index is 14.0. The first kappa shape index (κ1) is 40.2. The van der Waals surface area contributed by atoms with Gasteiger partial charge in [-0.15, -0.1) is 0 Å². The number of anilines is 1. The molecule has 0 bridgehead atoms. The molecule has 0 spiro atoms. The first-order valence-corrected chi connectivity index (χ1v) is 17.7. The van der Waals surface area contributed by atoms with Crippen molar-refractivity contribution in [2.75, 3.05) is 18.1 Å². The zero-order valence-electron chi connectivity index (χ0n) is 31.5. The summed E-state index contributed by atoms with van der Waals surface area (Å²) in [7, 11) is -0.571. The molecule has 2 saturated heterocycles. The highest BCUT2D eigenvalue weighted by atomic mass is 19.1. The van der Waals surface area contributed by atoms with Crippen LogP contribution in [0.3, 0.4) is 0 Å². The van der Waals surface area contributed by atoms with E-state index in [2.05, 4.69) is 11.8 Å². The van der Waals surface area contributed by atoms with Crippen molar-refractivity contribution in [3.8, 4) is 11.8 Å². The fourth-order valence-corrected chi connectivity index (χ4v) is 6.28. The molecule has 0 unspecified atom stereocenters. The Morgan fingerprint density at radius 1 is 0.870 bits per heavy atom. The summed E-state index contributed by atoms with van der Waals surface area (Å²) >= 11 is 0. The van der Waals surface area contributed by atoms with Crippen molar-refractivity contribution in [3.05, 3.63) is 95.3 Å². The van der Waals surface area contributed by atoms with Crippen molar-refractivity contribution >= 4 is 42.1 Å². The van der Waals surface area contributed by atoms with E-state index in [4.69, 9.17) is 23.5 Å². The Morgan fingerprint density at radius 3 is 1.94 bits per heavy atom. The monoisotopic (exact) mass is 741 g/mol. The number of carbonyl (C=O) groups is 4. The summed E-state index contributed by atoms with van der Waals surface area (Å²) in [5.41, 5.74) is 0.451. The summed E-state index contributed by atoms with van der Waals surface area (Å²) in [4.78, 5) is 50.5. The highest BCUT2D eigenvalue weighted by Gasteiger charge is 2.52. The number of nitrogens with zero attached hydrogens (tertiary/aromatic N) is 1. The Morgan fingerprint density at radius 2 is 1.43 bits per heavy atom. The van der Waals surface area contributed by atoms with Crippen LogP contribution < -0.4 is 10.4 Å². The minimum Gasteiger partial charge on any atom is -0.462 e. The average molecular weight is 742 g/mol. The molecule has 2 heterocycles. The van der Waals surface area contributed by atoms with E-state index in [-0.39, 0.29) is 5.91 Å². The van der Waals surface area contributed by atoms with Gasteiger partial charge in [0.1, 0.15) is 25.1 Å². The third-order valence-electron chi connectivity index (χ3n) is 9.92. The van der Waals surface area contributed by atoms with E-state index in [9.17, 15) is 28.7 Å². The summed E-state index contributed by atoms with van der Waals surface area (Å²) in [6.07, 6.45) is 0.00198. The molecule has 11 nitrogen and oxygen atoms in total. The number of rotatable bonds is 12. The lowest BCUT2D eigenvalue weighted by Gasteiger charge is -2.48. The minimum absolute atomic E-state index is 0.117. The van der Waals surface area contributed by atoms with E-state index >= 15 is 0 Å². The van der Waals surface area contributed by atoms with Gasteiger partial charge >= 0.3 is 25.0 Å². The van der Waals surface area contributed by atoms with Crippen molar-refractivity contribution < 1.29 is 52.2 Å². The van der Waals surface area contributed by atoms with Crippen LogP contribution in [0, 0.1) is 23.6 Å². The van der Waals surface area contributed by atoms with Gasteiger partial charge in [-0.25, -0.2) is 4.39 Å². The topological polar surface area (TPSA) is 138 Å². The number of β-lactam (4-membered cyclic amide) rings is 1. The minimum atomic E-state index is -1.94. The maximum absolute atomic E-state index is 14.0. The van der Waals surface area contributed by atoms with Crippen LogP contribution in [0.4, 0.5) is 10.1 Å². The summed E-state index contributed by atoms with van der Waals surface area (Å²) in [6.45, 7) is 10.6. The zero-order valence-corrected chi connectivity index (χ0v) is 31.5. The predicted molar refractivity (Wildman–Crippen MR) is 198 cm³/mol. The fourth-order valence-electron chi connectivity index (χ4n) is 6.28. The van der Waals surface area contributed by atoms with Crippen molar-refractivity contribution in [2.24, 2.45) is 5.92 Å². The van der Waals surface area contributed by atoms with Crippen LogP contribution in [0.15, 0.2) is 72.8 Å². The first-order chi connectivity index (χ1) is 25.4. The fraction of sp³-hybridized carbons (Fsp3) is 0.415. The van der Waals surface area contributed by atoms with Gasteiger partial charge in [0.15, 0.2) is 5.60 Å². The second-order valence-corrected chi connectivity index (χ2v) is 14.6. The molecule has 2 aliphatic heterocycles. The van der Waals surface area contributed by atoms with Crippen LogP contribution >= 0.6 is 0 Å². The molecule has 284 valence electrons. The molecule has 54 heavy (non-hydrogen) atoms. The van der Waals surface area contributed by atoms with Crippen LogP contribution in [-0.2, 0) is 42.7 Å². The number of hydrogen-bond acceptors (Lipinski definition) is 10. The highest BCUT2D eigenvalue weighted by Crippen LogP contribution is 2.46. The highest BCUT2D eigenvalue weighted by molar-refractivity contribution is 6.62. The van der Waals surface area contributed by atoms with Gasteiger partial charge in [0.2, 0.25) is 5.91 Å². The third kappa shape index (κ3) is 9.36. The van der Waals surface area contributed by atoms with E-state index in [0.717, 1.165) is 11.0 Å². The number of benzene rings is 3. The molecule has 0 aromatic heterocycles. The molecule has 0 aliphatic carbocycles. The Hall–Kier alpha value is -5.03. The average Bonchev–Trinajstić information content (AvgIpc) is 3.34. The Bertz CT molecular complexity index is 1880. The van der Waals surface area contributed by atoms with Crippen LogP contribution in [0.2, 0.25) is 0 Å². The molecule has 2 fully saturated rings. The van der Waals surface area contributed by atoms with E-state index in [1.54, 1.807) is 29.2 Å². The molecule has 5 rings (SSSR count). The second kappa shape index (κ2) is 16.1. The summed E-state index contributed by atoms with van der Waals surface area (Å²) in [6, 6.07) is 19.9. The van der Waals surface area contributed by atoms with Crippen molar-refractivity contribution in [2.45, 2.75) is 90.3 Å². The third-order valence-corrected chi connectivity index (χ3v) is 9.92. The van der Waals surface area contributed by atoms with E-state index in [0.29, 0.717) is 29.7 Å². The van der Waals surface area contributed by atoms with Crippen LogP contribution in [0.1, 0.15) is 90.1 Å². The van der Waals surface area contributed by atoms with Crippen molar-refractivity contribution in [3.63, 3.8) is 0 Å². The number of carbonyl (C=O) groups excluding carboxylic acids is 4. The van der Waals surface area contributed by atoms with Crippen LogP contribution in [0.5, 0.6) is 0 Å². The molecule has 2 aliphatic rings. The van der Waals surface area contributed by atoms with Gasteiger partial charge in [-0.3, -0.25) is 19.2 Å². The summed E-state index contributed by atoms with van der Waals surface area (Å²) in [5, 5.41) is 10.9. The number of hydrogen-bond donors (Lipinski definition) is 1. The second-order valence-electron chi connectivity index (χ2n) is 14.6. The van der Waals surface area contributed by atoms with Crippen molar-refractivity contribution in [1.29, 1.82) is 0 Å². The SMILES string of the molecule is CC(=O)OCC(O)(C#Cc1ccc([C@@H]2[C@@H](CC[C@H](OC(C)=O)c3ccc(F)cc3)C(=O)N2c2ccc(B3OC(C)(C)C(C)(C)O3)cc2)cc1)COC(C)=O. The number of aliphatic hydroxyl groups is 1. The molecular formula is C41H45BFNO10. The molecular weight excluding hydrogens is 696 g/mol. The number of amides is 1. The lowest BCUT2D eigenvalue weighted by Crippen LogP contribution is -2.55. The quantitative estimate of drug-likeness (QED) is 0.0876. The summed E-state index contributed by atoms with van der Waals surface area (Å²) in [5.74, 6) is 2.75. The van der Waals surface area contributed by atoms with Gasteiger partial charge in [-0.1, -0.05) is 48.2 Å². The summed E-state index contributed by atoms with van der Waals surface area (Å²) < 4.78 is 41.6. The van der Waals surface area contributed by atoms with Gasteiger partial charge in [-0.2, -0.15) is 0 Å². The van der Waals surface area contributed by atoms with Gasteiger partial charge in [0, 0.05) is 32.0 Å². The van der Waals surface area contributed by atoms with Crippen LogP contribution in [0.25, 0.3) is 0 Å². The maximum Gasteiger partial charge on any atom is 0.494 e. The van der Waals surface area contributed by atoms with E-state index < -0.39 is 78.9 Å². The molecule has 3 aromatic rings. The largest absolute Gasteiger partial charge is 0.494 e. The normalized spacial score (nSPS) is 19.2. The molecule has 13 heteroatoms. The van der Waals surface area contributed by atoms with E-state index in [1.165, 1.54) is 32.9 Å². The standard InChI is InChI=1S/C41H45BFNO10/c1-26(45)50-24-41(49,25-51-27(2)46)23-22-29-8-10-31(11-9-29)37-35(20-21-36(52-28(3)47)30-12-16-33(43)17-13-30)38(48)44(37)34-18-14-32(15-19-34)42-53-39(4,5)40(6,7)54-42/h8-19,35-37,49H,20-21,24-25H2,1-7H3/t35-,36+,37-/m1/s1. The molecule has 3 aromatic carbocycles. The molecule has 1 amide bonds. The van der Waals surface area contributed by atoms with Gasteiger partial charge in [-0.05, 0) is 93.5 Å². The van der Waals surface area contributed by atoms with Gasteiger partial charge < -0.3 is 33.5 Å². The van der Waals surface area contributed by atoms with Gasteiger partial charge in [0.05, 0.1) is 23.2 Å². The van der Waals surface area contributed by atoms with Gasteiger partial charge in [0.25, 0.3) is 0 Å². The first-order valence-electron chi connectivity index (χ1n) is 17.7.